The minimum atomic E-state index is 0.349. The zero-order valence-corrected chi connectivity index (χ0v) is 10.7. The number of hydrazine groups is 1. The van der Waals surface area contributed by atoms with Gasteiger partial charge in [0.1, 0.15) is 5.82 Å². The van der Waals surface area contributed by atoms with E-state index in [4.69, 9.17) is 18.1 Å². The van der Waals surface area contributed by atoms with Crippen molar-refractivity contribution >= 4 is 40.0 Å². The SMILES string of the molecule is NNC(=S)N(c1cc2ccccc2[nH]1)c1ncc[nH]1. The largest absolute Gasteiger partial charge is 0.341 e. The molecule has 0 aliphatic carbocycles. The molecule has 0 amide bonds. The van der Waals surface area contributed by atoms with Crippen LogP contribution in [0.3, 0.4) is 0 Å². The highest BCUT2D eigenvalue weighted by Gasteiger charge is 2.18. The third-order valence-corrected chi connectivity index (χ3v) is 3.08. The van der Waals surface area contributed by atoms with Crippen LogP contribution in [0.4, 0.5) is 11.8 Å². The zero-order valence-electron chi connectivity index (χ0n) is 9.92. The Labute approximate surface area is 114 Å². The van der Waals surface area contributed by atoms with Gasteiger partial charge < -0.3 is 15.4 Å². The Morgan fingerprint density at radius 2 is 2.21 bits per heavy atom. The van der Waals surface area contributed by atoms with Crippen LogP contribution in [0.2, 0.25) is 0 Å². The van der Waals surface area contributed by atoms with Gasteiger partial charge >= 0.3 is 0 Å². The molecule has 96 valence electrons. The Morgan fingerprint density at radius 1 is 1.37 bits per heavy atom. The van der Waals surface area contributed by atoms with Crippen molar-refractivity contribution in [3.05, 3.63) is 42.7 Å². The number of thiocarbonyl (C=S) groups is 1. The lowest BCUT2D eigenvalue weighted by Gasteiger charge is -2.19. The number of hydrogen-bond donors (Lipinski definition) is 4. The van der Waals surface area contributed by atoms with E-state index in [0.29, 0.717) is 11.1 Å². The van der Waals surface area contributed by atoms with Gasteiger partial charge in [0, 0.05) is 23.3 Å². The first kappa shape index (κ1) is 11.7. The molecule has 2 heterocycles. The molecule has 19 heavy (non-hydrogen) atoms. The van der Waals surface area contributed by atoms with E-state index in [1.807, 2.05) is 30.3 Å². The maximum Gasteiger partial charge on any atom is 0.215 e. The average Bonchev–Trinajstić information content (AvgIpc) is 3.07. The number of aromatic amines is 2. The number of nitrogens with two attached hydrogens (primary N) is 1. The van der Waals surface area contributed by atoms with E-state index in [0.717, 1.165) is 16.7 Å². The lowest BCUT2D eigenvalue weighted by molar-refractivity contribution is 1.00. The van der Waals surface area contributed by atoms with E-state index in [1.54, 1.807) is 17.3 Å². The van der Waals surface area contributed by atoms with E-state index in [9.17, 15) is 0 Å². The molecular formula is C12H12N6S. The molecule has 0 atom stereocenters. The first-order valence-electron chi connectivity index (χ1n) is 5.67. The van der Waals surface area contributed by atoms with E-state index in [-0.39, 0.29) is 0 Å². The maximum atomic E-state index is 5.42. The fourth-order valence-corrected chi connectivity index (χ4v) is 2.13. The van der Waals surface area contributed by atoms with Crippen LogP contribution in [-0.4, -0.2) is 20.1 Å². The number of anilines is 2. The summed E-state index contributed by atoms with van der Waals surface area (Å²) in [4.78, 5) is 12.2. The summed E-state index contributed by atoms with van der Waals surface area (Å²) in [5.41, 5.74) is 3.50. The van der Waals surface area contributed by atoms with Crippen molar-refractivity contribution in [2.45, 2.75) is 0 Å². The summed E-state index contributed by atoms with van der Waals surface area (Å²) in [7, 11) is 0. The average molecular weight is 272 g/mol. The predicted octanol–water partition coefficient (Wildman–Crippen LogP) is 1.78. The zero-order chi connectivity index (χ0) is 13.2. The van der Waals surface area contributed by atoms with Crippen LogP contribution >= 0.6 is 12.2 Å². The van der Waals surface area contributed by atoms with E-state index in [2.05, 4.69) is 20.4 Å². The Hall–Kier alpha value is -2.38. The van der Waals surface area contributed by atoms with E-state index < -0.39 is 0 Å². The van der Waals surface area contributed by atoms with Crippen molar-refractivity contribution in [1.29, 1.82) is 0 Å². The highest BCUT2D eigenvalue weighted by molar-refractivity contribution is 7.80. The molecule has 0 bridgehead atoms. The van der Waals surface area contributed by atoms with Crippen molar-refractivity contribution in [2.24, 2.45) is 5.84 Å². The van der Waals surface area contributed by atoms with Gasteiger partial charge in [-0.2, -0.15) is 0 Å². The fourth-order valence-electron chi connectivity index (χ4n) is 1.94. The minimum absolute atomic E-state index is 0.349. The summed E-state index contributed by atoms with van der Waals surface area (Å²) >= 11 is 5.22. The van der Waals surface area contributed by atoms with Gasteiger partial charge in [0.05, 0.1) is 0 Å². The quantitative estimate of drug-likeness (QED) is 0.324. The minimum Gasteiger partial charge on any atom is -0.341 e. The number of benzene rings is 1. The summed E-state index contributed by atoms with van der Waals surface area (Å²) in [6.07, 6.45) is 3.38. The molecule has 0 spiro atoms. The van der Waals surface area contributed by atoms with Gasteiger partial charge in [-0.05, 0) is 24.4 Å². The number of H-pyrrole nitrogens is 2. The Kier molecular flexibility index (Phi) is 2.90. The van der Waals surface area contributed by atoms with Crippen LogP contribution in [-0.2, 0) is 0 Å². The van der Waals surface area contributed by atoms with Crippen LogP contribution in [0.25, 0.3) is 10.9 Å². The smallest absolute Gasteiger partial charge is 0.215 e. The monoisotopic (exact) mass is 272 g/mol. The molecule has 3 rings (SSSR count). The molecule has 2 aromatic heterocycles. The summed E-state index contributed by atoms with van der Waals surface area (Å²) in [5.74, 6) is 6.81. The second kappa shape index (κ2) is 4.71. The van der Waals surface area contributed by atoms with Gasteiger partial charge in [0.2, 0.25) is 5.95 Å². The van der Waals surface area contributed by atoms with Gasteiger partial charge in [-0.25, -0.2) is 15.7 Å². The number of fused-ring (bicyclic) bond motifs is 1. The summed E-state index contributed by atoms with van der Waals surface area (Å²) in [5, 5.41) is 1.44. The van der Waals surface area contributed by atoms with Gasteiger partial charge in [-0.1, -0.05) is 18.2 Å². The molecule has 0 fully saturated rings. The number of rotatable bonds is 2. The molecule has 6 nitrogen and oxygen atoms in total. The molecule has 0 aliphatic rings. The molecular weight excluding hydrogens is 260 g/mol. The van der Waals surface area contributed by atoms with Crippen LogP contribution < -0.4 is 16.2 Å². The summed E-state index contributed by atoms with van der Waals surface area (Å²) < 4.78 is 0. The highest BCUT2D eigenvalue weighted by atomic mass is 32.1. The molecule has 7 heteroatoms. The highest BCUT2D eigenvalue weighted by Crippen LogP contribution is 2.25. The lowest BCUT2D eigenvalue weighted by Crippen LogP contribution is -2.41. The number of para-hydroxylation sites is 1. The van der Waals surface area contributed by atoms with Crippen LogP contribution in [0.15, 0.2) is 42.7 Å². The molecule has 0 unspecified atom stereocenters. The topological polar surface area (TPSA) is 85.8 Å². The second-order valence-corrected chi connectivity index (χ2v) is 4.33. The van der Waals surface area contributed by atoms with Gasteiger partial charge in [-0.15, -0.1) is 0 Å². The van der Waals surface area contributed by atoms with Gasteiger partial charge in [0.25, 0.3) is 0 Å². The third-order valence-electron chi connectivity index (χ3n) is 2.78. The molecule has 1 aromatic carbocycles. The normalized spacial score (nSPS) is 10.6. The van der Waals surface area contributed by atoms with Crippen molar-refractivity contribution in [3.63, 3.8) is 0 Å². The molecule has 0 saturated carbocycles. The summed E-state index contributed by atoms with van der Waals surface area (Å²) in [6, 6.07) is 9.96. The first-order chi connectivity index (χ1) is 9.29. The maximum absolute atomic E-state index is 5.42. The van der Waals surface area contributed by atoms with Crippen molar-refractivity contribution in [1.82, 2.24) is 20.4 Å². The first-order valence-corrected chi connectivity index (χ1v) is 6.08. The standard InChI is InChI=1S/C12H12N6S/c13-17-12(19)18(11-14-5-6-15-11)10-7-8-3-1-2-4-9(8)16-10/h1-7,16H,13H2,(H,14,15)(H,17,19). The van der Waals surface area contributed by atoms with Crippen molar-refractivity contribution in [3.8, 4) is 0 Å². The number of hydrogen-bond acceptors (Lipinski definition) is 3. The fraction of sp³-hybridized carbons (Fsp3) is 0. The second-order valence-electron chi connectivity index (χ2n) is 3.94. The van der Waals surface area contributed by atoms with Crippen molar-refractivity contribution in [2.75, 3.05) is 4.90 Å². The molecule has 5 N–H and O–H groups in total. The third kappa shape index (κ3) is 2.05. The number of aromatic nitrogens is 3. The Morgan fingerprint density at radius 3 is 2.89 bits per heavy atom. The van der Waals surface area contributed by atoms with Crippen molar-refractivity contribution < 1.29 is 0 Å². The Balaban J connectivity index is 2.11. The Bertz CT molecular complexity index is 669. The molecule has 0 saturated heterocycles. The molecule has 0 radical (unpaired) electrons. The lowest BCUT2D eigenvalue weighted by atomic mass is 10.2. The summed E-state index contributed by atoms with van der Waals surface area (Å²) in [6.45, 7) is 0. The van der Waals surface area contributed by atoms with Crippen LogP contribution in [0, 0.1) is 0 Å². The van der Waals surface area contributed by atoms with Gasteiger partial charge in [0.15, 0.2) is 5.11 Å². The number of nitrogens with one attached hydrogen (secondary N) is 3. The molecule has 0 aliphatic heterocycles. The number of nitrogens with zero attached hydrogens (tertiary/aromatic N) is 2. The predicted molar refractivity (Wildman–Crippen MR) is 78.9 cm³/mol. The van der Waals surface area contributed by atoms with E-state index >= 15 is 0 Å². The van der Waals surface area contributed by atoms with Gasteiger partial charge in [-0.3, -0.25) is 0 Å². The van der Waals surface area contributed by atoms with Crippen LogP contribution in [0.1, 0.15) is 0 Å². The molecule has 3 aromatic rings. The van der Waals surface area contributed by atoms with E-state index in [1.165, 1.54) is 0 Å². The number of imidazole rings is 1. The van der Waals surface area contributed by atoms with Crippen LogP contribution in [0.5, 0.6) is 0 Å².